The summed E-state index contributed by atoms with van der Waals surface area (Å²) >= 11 is 0. The molecule has 1 aliphatic carbocycles. The van der Waals surface area contributed by atoms with Gasteiger partial charge >= 0.3 is 0 Å². The van der Waals surface area contributed by atoms with Gasteiger partial charge in [0.05, 0.1) is 13.7 Å². The van der Waals surface area contributed by atoms with Crippen LogP contribution >= 0.6 is 0 Å². The highest BCUT2D eigenvalue weighted by Crippen LogP contribution is 2.30. The highest BCUT2D eigenvalue weighted by atomic mass is 16.5. The summed E-state index contributed by atoms with van der Waals surface area (Å²) in [6.07, 6.45) is 3.81. The van der Waals surface area contributed by atoms with Crippen LogP contribution in [0.2, 0.25) is 0 Å². The average Bonchev–Trinajstić information content (AvgIpc) is 3.28. The van der Waals surface area contributed by atoms with Gasteiger partial charge in [-0.3, -0.25) is 0 Å². The van der Waals surface area contributed by atoms with Crippen LogP contribution in [0.5, 0.6) is 5.75 Å². The summed E-state index contributed by atoms with van der Waals surface area (Å²) in [7, 11) is 1.72. The third kappa shape index (κ3) is 4.50. The molecule has 1 aromatic carbocycles. The molecule has 112 valence electrons. The third-order valence-corrected chi connectivity index (χ3v) is 3.81. The van der Waals surface area contributed by atoms with E-state index in [-0.39, 0.29) is 0 Å². The molecule has 0 spiro atoms. The molecular weight excluding hydrogens is 250 g/mol. The van der Waals surface area contributed by atoms with E-state index in [0.29, 0.717) is 12.6 Å². The van der Waals surface area contributed by atoms with Crippen molar-refractivity contribution in [2.45, 2.75) is 45.8 Å². The van der Waals surface area contributed by atoms with Crippen molar-refractivity contribution in [3.63, 3.8) is 0 Å². The number of nitrogens with one attached hydrogen (secondary N) is 1. The predicted octanol–water partition coefficient (Wildman–Crippen LogP) is 3.68. The molecule has 0 bridgehead atoms. The van der Waals surface area contributed by atoms with Crippen molar-refractivity contribution in [1.82, 2.24) is 5.32 Å². The van der Waals surface area contributed by atoms with E-state index in [0.717, 1.165) is 36.8 Å². The summed E-state index contributed by atoms with van der Waals surface area (Å²) in [6, 6.07) is 6.76. The Hall–Kier alpha value is -1.06. The van der Waals surface area contributed by atoms with E-state index < -0.39 is 0 Å². The molecule has 20 heavy (non-hydrogen) atoms. The Bertz CT molecular complexity index is 415. The van der Waals surface area contributed by atoms with Gasteiger partial charge in [0.2, 0.25) is 0 Å². The van der Waals surface area contributed by atoms with Crippen molar-refractivity contribution < 1.29 is 9.47 Å². The van der Waals surface area contributed by atoms with Gasteiger partial charge in [0.15, 0.2) is 0 Å². The molecule has 0 aromatic heterocycles. The maximum atomic E-state index is 5.80. The molecule has 2 rings (SSSR count). The van der Waals surface area contributed by atoms with Gasteiger partial charge < -0.3 is 14.8 Å². The van der Waals surface area contributed by atoms with Gasteiger partial charge in [0.1, 0.15) is 5.75 Å². The Morgan fingerprint density at radius 1 is 1.35 bits per heavy atom. The van der Waals surface area contributed by atoms with Crippen LogP contribution in [0.4, 0.5) is 0 Å². The van der Waals surface area contributed by atoms with Gasteiger partial charge in [-0.25, -0.2) is 0 Å². The quantitative estimate of drug-likeness (QED) is 0.747. The lowest BCUT2D eigenvalue weighted by atomic mass is 10.0. The van der Waals surface area contributed by atoms with Gasteiger partial charge in [-0.1, -0.05) is 13.0 Å². The topological polar surface area (TPSA) is 30.5 Å². The molecule has 0 saturated heterocycles. The number of methoxy groups -OCH3 is 1. The molecule has 0 radical (unpaired) electrons. The lowest BCUT2D eigenvalue weighted by Crippen LogP contribution is -2.19. The zero-order valence-electron chi connectivity index (χ0n) is 12.9. The Morgan fingerprint density at radius 2 is 2.15 bits per heavy atom. The molecule has 1 atom stereocenters. The lowest BCUT2D eigenvalue weighted by Gasteiger charge is -2.17. The number of hydrogen-bond donors (Lipinski definition) is 1. The fourth-order valence-electron chi connectivity index (χ4n) is 2.28. The van der Waals surface area contributed by atoms with Gasteiger partial charge in [0.25, 0.3) is 0 Å². The second-order valence-electron chi connectivity index (χ2n) is 5.71. The highest BCUT2D eigenvalue weighted by molar-refractivity contribution is 5.38. The van der Waals surface area contributed by atoms with Gasteiger partial charge in [-0.05, 0) is 56.3 Å². The minimum absolute atomic E-state index is 0.364. The second-order valence-corrected chi connectivity index (χ2v) is 5.71. The largest absolute Gasteiger partial charge is 0.496 e. The first-order valence-electron chi connectivity index (χ1n) is 7.72. The molecule has 1 saturated carbocycles. The fraction of sp³-hybridized carbons (Fsp3) is 0.647. The van der Waals surface area contributed by atoms with E-state index in [1.165, 1.54) is 18.4 Å². The van der Waals surface area contributed by atoms with Crippen molar-refractivity contribution in [2.24, 2.45) is 5.92 Å². The first kappa shape index (κ1) is 15.3. The van der Waals surface area contributed by atoms with E-state index in [2.05, 4.69) is 37.4 Å². The van der Waals surface area contributed by atoms with Crippen LogP contribution in [-0.4, -0.2) is 20.3 Å². The Balaban J connectivity index is 1.98. The van der Waals surface area contributed by atoms with E-state index >= 15 is 0 Å². The van der Waals surface area contributed by atoms with E-state index in [4.69, 9.17) is 9.47 Å². The minimum Gasteiger partial charge on any atom is -0.496 e. The predicted molar refractivity (Wildman–Crippen MR) is 82.1 cm³/mol. The van der Waals surface area contributed by atoms with Gasteiger partial charge in [0, 0.05) is 18.2 Å². The molecule has 1 aliphatic rings. The monoisotopic (exact) mass is 277 g/mol. The highest BCUT2D eigenvalue weighted by Gasteiger charge is 2.21. The van der Waals surface area contributed by atoms with Crippen LogP contribution < -0.4 is 10.1 Å². The molecule has 1 unspecified atom stereocenters. The summed E-state index contributed by atoms with van der Waals surface area (Å²) < 4.78 is 11.2. The Kier molecular flexibility index (Phi) is 5.86. The van der Waals surface area contributed by atoms with E-state index in [9.17, 15) is 0 Å². The molecular formula is C17H27NO2. The van der Waals surface area contributed by atoms with Crippen molar-refractivity contribution in [3.05, 3.63) is 29.3 Å². The number of rotatable bonds is 9. The third-order valence-electron chi connectivity index (χ3n) is 3.81. The lowest BCUT2D eigenvalue weighted by molar-refractivity contribution is 0.109. The molecule has 1 aromatic rings. The molecule has 3 nitrogen and oxygen atoms in total. The number of ether oxygens (including phenoxy) is 2. The summed E-state index contributed by atoms with van der Waals surface area (Å²) in [5, 5.41) is 3.52. The summed E-state index contributed by atoms with van der Waals surface area (Å²) in [5.41, 5.74) is 2.44. The van der Waals surface area contributed by atoms with E-state index in [1.54, 1.807) is 7.11 Å². The van der Waals surface area contributed by atoms with Crippen LogP contribution in [-0.2, 0) is 11.3 Å². The van der Waals surface area contributed by atoms with Crippen molar-refractivity contribution in [1.29, 1.82) is 0 Å². The smallest absolute Gasteiger partial charge is 0.124 e. The van der Waals surface area contributed by atoms with E-state index in [1.807, 2.05) is 0 Å². The van der Waals surface area contributed by atoms with Crippen molar-refractivity contribution >= 4 is 0 Å². The standard InChI is InChI=1S/C17H27NO2/c1-4-9-18-13(2)15-7-8-17(19-3)16(10-15)12-20-11-14-5-6-14/h7-8,10,13-14,18H,4-6,9,11-12H2,1-3H3. The maximum Gasteiger partial charge on any atom is 0.124 e. The molecule has 0 amide bonds. The van der Waals surface area contributed by atoms with Crippen LogP contribution in [0, 0.1) is 5.92 Å². The first-order chi connectivity index (χ1) is 9.74. The average molecular weight is 277 g/mol. The second kappa shape index (κ2) is 7.65. The summed E-state index contributed by atoms with van der Waals surface area (Å²) in [6.45, 7) is 6.96. The van der Waals surface area contributed by atoms with Crippen molar-refractivity contribution in [3.8, 4) is 5.75 Å². The zero-order valence-corrected chi connectivity index (χ0v) is 12.9. The zero-order chi connectivity index (χ0) is 14.4. The van der Waals surface area contributed by atoms with Crippen LogP contribution in [0.3, 0.4) is 0 Å². The molecule has 0 heterocycles. The molecule has 1 N–H and O–H groups in total. The Labute approximate surface area is 122 Å². The van der Waals surface area contributed by atoms with Crippen LogP contribution in [0.1, 0.15) is 50.3 Å². The fourth-order valence-corrected chi connectivity index (χ4v) is 2.28. The molecule has 0 aliphatic heterocycles. The van der Waals surface area contributed by atoms with Gasteiger partial charge in [-0.15, -0.1) is 0 Å². The Morgan fingerprint density at radius 3 is 2.80 bits per heavy atom. The number of benzene rings is 1. The summed E-state index contributed by atoms with van der Waals surface area (Å²) in [5.74, 6) is 1.72. The SMILES string of the molecule is CCCNC(C)c1ccc(OC)c(COCC2CC2)c1. The normalized spacial score (nSPS) is 16.1. The van der Waals surface area contributed by atoms with Gasteiger partial charge in [-0.2, -0.15) is 0 Å². The van der Waals surface area contributed by atoms with Crippen LogP contribution in [0.15, 0.2) is 18.2 Å². The summed E-state index contributed by atoms with van der Waals surface area (Å²) in [4.78, 5) is 0. The van der Waals surface area contributed by atoms with Crippen molar-refractivity contribution in [2.75, 3.05) is 20.3 Å². The van der Waals surface area contributed by atoms with Crippen LogP contribution in [0.25, 0.3) is 0 Å². The maximum absolute atomic E-state index is 5.80. The first-order valence-corrected chi connectivity index (χ1v) is 7.72. The number of hydrogen-bond acceptors (Lipinski definition) is 3. The molecule has 1 fully saturated rings. The minimum atomic E-state index is 0.364. The molecule has 3 heteroatoms.